The Morgan fingerprint density at radius 2 is 1.96 bits per heavy atom. The fraction of sp³-hybridized carbons (Fsp3) is 0.0588. The molecule has 0 fully saturated rings. The predicted octanol–water partition coefficient (Wildman–Crippen LogP) is 4.55. The number of nitrogens with one attached hydrogen (secondary N) is 1. The Morgan fingerprint density at radius 1 is 1.04 bits per heavy atom. The third-order valence-corrected chi connectivity index (χ3v) is 4.67. The third-order valence-electron chi connectivity index (χ3n) is 3.54. The van der Waals surface area contributed by atoms with E-state index in [0.29, 0.717) is 11.0 Å². The molecule has 3 aromatic heterocycles. The minimum atomic E-state index is 0.353. The van der Waals surface area contributed by atoms with Gasteiger partial charge in [-0.3, -0.25) is 4.98 Å². The quantitative estimate of drug-likeness (QED) is 0.568. The van der Waals surface area contributed by atoms with E-state index in [1.54, 1.807) is 36.8 Å². The molecule has 0 unspecified atom stereocenters. The molecule has 8 heteroatoms. The van der Waals surface area contributed by atoms with Crippen LogP contribution in [-0.4, -0.2) is 27.3 Å². The highest BCUT2D eigenvalue weighted by Crippen LogP contribution is 2.32. The van der Waals surface area contributed by atoms with Gasteiger partial charge < -0.3 is 10.1 Å². The first-order valence-electron chi connectivity index (χ1n) is 7.37. The molecule has 0 aliphatic heterocycles. The van der Waals surface area contributed by atoms with Crippen molar-refractivity contribution in [2.45, 2.75) is 0 Å². The van der Waals surface area contributed by atoms with Gasteiger partial charge in [0, 0.05) is 11.8 Å². The topological polar surface area (TPSA) is 72.8 Å². The van der Waals surface area contributed by atoms with Crippen molar-refractivity contribution >= 4 is 44.1 Å². The molecule has 0 radical (unpaired) electrons. The number of hydrogen-bond donors (Lipinski definition) is 1. The number of ether oxygens (including phenoxy) is 1. The summed E-state index contributed by atoms with van der Waals surface area (Å²) in [7, 11) is 1.63. The first-order valence-corrected chi connectivity index (χ1v) is 8.57. The molecular formula is C17H12ClN5OS. The normalized spacial score (nSPS) is 10.8. The fourth-order valence-corrected chi connectivity index (χ4v) is 3.35. The second kappa shape index (κ2) is 6.62. The van der Waals surface area contributed by atoms with Crippen LogP contribution in [0, 0.1) is 0 Å². The first-order chi connectivity index (χ1) is 12.2. The van der Waals surface area contributed by atoms with E-state index in [4.69, 9.17) is 16.3 Å². The van der Waals surface area contributed by atoms with Gasteiger partial charge in [-0.25, -0.2) is 4.98 Å². The van der Waals surface area contributed by atoms with Crippen LogP contribution >= 0.6 is 22.9 Å². The standard InChI is InChI=1S/C17H12ClN5OS/c1-24-12-6-11(8-19-9-12)10-2-3-13-14(7-10)25-17(20-13)21-16-5-4-15(18)22-23-16/h2-9H,1H3,(H,20,21,23). The number of hydrogen-bond acceptors (Lipinski definition) is 7. The Morgan fingerprint density at radius 3 is 2.76 bits per heavy atom. The zero-order chi connectivity index (χ0) is 17.2. The monoisotopic (exact) mass is 369 g/mol. The second-order valence-electron chi connectivity index (χ2n) is 5.18. The molecule has 124 valence electrons. The summed E-state index contributed by atoms with van der Waals surface area (Å²) in [5.41, 5.74) is 2.96. The van der Waals surface area contributed by atoms with E-state index < -0.39 is 0 Å². The molecule has 0 amide bonds. The van der Waals surface area contributed by atoms with Crippen molar-refractivity contribution in [1.82, 2.24) is 20.2 Å². The highest BCUT2D eigenvalue weighted by atomic mass is 35.5. The number of methoxy groups -OCH3 is 1. The van der Waals surface area contributed by atoms with Gasteiger partial charge in [0.1, 0.15) is 5.75 Å². The number of rotatable bonds is 4. The maximum atomic E-state index is 5.75. The van der Waals surface area contributed by atoms with Gasteiger partial charge in [0.2, 0.25) is 0 Å². The lowest BCUT2D eigenvalue weighted by Crippen LogP contribution is -1.94. The lowest BCUT2D eigenvalue weighted by Gasteiger charge is -2.03. The third kappa shape index (κ3) is 3.38. The van der Waals surface area contributed by atoms with E-state index in [1.807, 2.05) is 24.4 Å². The van der Waals surface area contributed by atoms with E-state index in [1.165, 1.54) is 0 Å². The Hall–Kier alpha value is -2.77. The maximum Gasteiger partial charge on any atom is 0.189 e. The highest BCUT2D eigenvalue weighted by molar-refractivity contribution is 7.22. The van der Waals surface area contributed by atoms with Gasteiger partial charge in [0.25, 0.3) is 0 Å². The average Bonchev–Trinajstić information content (AvgIpc) is 3.05. The zero-order valence-electron chi connectivity index (χ0n) is 13.1. The number of fused-ring (bicyclic) bond motifs is 1. The number of pyridine rings is 1. The number of aromatic nitrogens is 4. The molecule has 0 saturated carbocycles. The first kappa shape index (κ1) is 15.7. The van der Waals surface area contributed by atoms with Crippen molar-refractivity contribution in [3.05, 3.63) is 53.9 Å². The van der Waals surface area contributed by atoms with Gasteiger partial charge in [-0.15, -0.1) is 10.2 Å². The summed E-state index contributed by atoms with van der Waals surface area (Å²) >= 11 is 7.29. The molecule has 4 aromatic rings. The summed E-state index contributed by atoms with van der Waals surface area (Å²) in [6.45, 7) is 0. The SMILES string of the molecule is COc1cncc(-c2ccc3nc(Nc4ccc(Cl)nn4)sc3c2)c1. The van der Waals surface area contributed by atoms with Crippen LogP contribution in [-0.2, 0) is 0 Å². The highest BCUT2D eigenvalue weighted by Gasteiger charge is 2.08. The molecule has 1 N–H and O–H groups in total. The van der Waals surface area contributed by atoms with Crippen LogP contribution in [0.5, 0.6) is 5.75 Å². The molecule has 0 atom stereocenters. The summed E-state index contributed by atoms with van der Waals surface area (Å²) in [4.78, 5) is 8.77. The van der Waals surface area contributed by atoms with Crippen LogP contribution in [0.4, 0.5) is 10.9 Å². The summed E-state index contributed by atoms with van der Waals surface area (Å²) in [5.74, 6) is 1.33. The van der Waals surface area contributed by atoms with Crippen LogP contribution in [0.1, 0.15) is 0 Å². The second-order valence-corrected chi connectivity index (χ2v) is 6.60. The minimum Gasteiger partial charge on any atom is -0.495 e. The summed E-state index contributed by atoms with van der Waals surface area (Å²) < 4.78 is 6.30. The number of benzene rings is 1. The van der Waals surface area contributed by atoms with E-state index in [9.17, 15) is 0 Å². The lowest BCUT2D eigenvalue weighted by molar-refractivity contribution is 0.413. The van der Waals surface area contributed by atoms with Crippen LogP contribution < -0.4 is 10.1 Å². The number of thiazole rings is 1. The van der Waals surface area contributed by atoms with Crippen molar-refractivity contribution in [2.75, 3.05) is 12.4 Å². The van der Waals surface area contributed by atoms with E-state index in [2.05, 4.69) is 31.5 Å². The summed E-state index contributed by atoms with van der Waals surface area (Å²) in [5, 5.41) is 12.0. The number of nitrogens with zero attached hydrogens (tertiary/aromatic N) is 4. The zero-order valence-corrected chi connectivity index (χ0v) is 14.7. The molecular weight excluding hydrogens is 358 g/mol. The summed E-state index contributed by atoms with van der Waals surface area (Å²) in [6, 6.07) is 11.5. The van der Waals surface area contributed by atoms with Crippen LogP contribution in [0.3, 0.4) is 0 Å². The van der Waals surface area contributed by atoms with Crippen molar-refractivity contribution in [3.8, 4) is 16.9 Å². The van der Waals surface area contributed by atoms with E-state index in [0.717, 1.165) is 32.2 Å². The molecule has 4 rings (SSSR count). The van der Waals surface area contributed by atoms with Gasteiger partial charge >= 0.3 is 0 Å². The van der Waals surface area contributed by atoms with Crippen molar-refractivity contribution in [2.24, 2.45) is 0 Å². The predicted molar refractivity (Wildman–Crippen MR) is 99.7 cm³/mol. The van der Waals surface area contributed by atoms with Crippen molar-refractivity contribution in [1.29, 1.82) is 0 Å². The molecule has 25 heavy (non-hydrogen) atoms. The van der Waals surface area contributed by atoms with Crippen molar-refractivity contribution in [3.63, 3.8) is 0 Å². The largest absolute Gasteiger partial charge is 0.495 e. The fourth-order valence-electron chi connectivity index (χ4n) is 2.34. The molecule has 0 spiro atoms. The van der Waals surface area contributed by atoms with E-state index in [-0.39, 0.29) is 0 Å². The molecule has 1 aromatic carbocycles. The Labute approximate surface area is 152 Å². The molecule has 0 aliphatic rings. The average molecular weight is 370 g/mol. The Bertz CT molecular complexity index is 1030. The van der Waals surface area contributed by atoms with Crippen LogP contribution in [0.25, 0.3) is 21.3 Å². The van der Waals surface area contributed by atoms with Gasteiger partial charge in [0.15, 0.2) is 16.1 Å². The van der Waals surface area contributed by atoms with Crippen LogP contribution in [0.15, 0.2) is 48.8 Å². The molecule has 0 saturated heterocycles. The smallest absolute Gasteiger partial charge is 0.189 e. The maximum absolute atomic E-state index is 5.75. The van der Waals surface area contributed by atoms with Gasteiger partial charge in [0.05, 0.1) is 23.5 Å². The van der Waals surface area contributed by atoms with Gasteiger partial charge in [-0.05, 0) is 35.9 Å². The Balaban J connectivity index is 1.65. The Kier molecular flexibility index (Phi) is 4.17. The number of halogens is 1. The molecule has 0 aliphatic carbocycles. The number of anilines is 2. The molecule has 6 nitrogen and oxygen atoms in total. The summed E-state index contributed by atoms with van der Waals surface area (Å²) in [6.07, 6.45) is 3.50. The lowest BCUT2D eigenvalue weighted by atomic mass is 10.1. The van der Waals surface area contributed by atoms with Gasteiger partial charge in [-0.1, -0.05) is 29.0 Å². The van der Waals surface area contributed by atoms with Crippen LogP contribution in [0.2, 0.25) is 5.15 Å². The molecule has 0 bridgehead atoms. The van der Waals surface area contributed by atoms with E-state index >= 15 is 0 Å². The van der Waals surface area contributed by atoms with Gasteiger partial charge in [-0.2, -0.15) is 0 Å². The molecule has 3 heterocycles. The van der Waals surface area contributed by atoms with Crippen molar-refractivity contribution < 1.29 is 4.74 Å². The minimum absolute atomic E-state index is 0.353.